The standard InChI is InChI=1S/C15H32N4O2.HI/c1-3-16-15(18-8-12-20-4-2)17-7-5-6-9-19-10-13-21-14-11-19;/h3-14H2,1-2H3,(H2,16,17,18);1H. The predicted octanol–water partition coefficient (Wildman–Crippen LogP) is 1.31. The first-order valence-electron chi connectivity index (χ1n) is 8.26. The first kappa shape index (κ1) is 21.9. The molecule has 7 heteroatoms. The molecule has 22 heavy (non-hydrogen) atoms. The average molecular weight is 428 g/mol. The lowest BCUT2D eigenvalue weighted by molar-refractivity contribution is 0.0373. The van der Waals surface area contributed by atoms with Gasteiger partial charge in [-0.2, -0.15) is 0 Å². The minimum Gasteiger partial charge on any atom is -0.380 e. The highest BCUT2D eigenvalue weighted by molar-refractivity contribution is 14.0. The van der Waals surface area contributed by atoms with E-state index in [2.05, 4.69) is 27.4 Å². The van der Waals surface area contributed by atoms with Gasteiger partial charge in [0.1, 0.15) is 0 Å². The van der Waals surface area contributed by atoms with Gasteiger partial charge in [0.2, 0.25) is 0 Å². The Labute approximate surface area is 152 Å². The fourth-order valence-corrected chi connectivity index (χ4v) is 2.19. The molecule has 132 valence electrons. The van der Waals surface area contributed by atoms with Crippen LogP contribution in [0.1, 0.15) is 26.7 Å². The van der Waals surface area contributed by atoms with Crippen LogP contribution in [-0.2, 0) is 9.47 Å². The van der Waals surface area contributed by atoms with E-state index in [4.69, 9.17) is 9.47 Å². The average Bonchev–Trinajstić information content (AvgIpc) is 2.52. The first-order chi connectivity index (χ1) is 10.4. The summed E-state index contributed by atoms with van der Waals surface area (Å²) in [5.41, 5.74) is 0. The molecule has 0 bridgehead atoms. The third kappa shape index (κ3) is 11.4. The van der Waals surface area contributed by atoms with Crippen molar-refractivity contribution < 1.29 is 9.47 Å². The number of hydrogen-bond acceptors (Lipinski definition) is 4. The largest absolute Gasteiger partial charge is 0.380 e. The molecule has 1 aliphatic heterocycles. The number of aliphatic imine (C=N–C) groups is 1. The molecule has 0 amide bonds. The second-order valence-corrected chi connectivity index (χ2v) is 5.05. The molecular formula is C15H33IN4O2. The maximum absolute atomic E-state index is 5.35. The van der Waals surface area contributed by atoms with Crippen LogP contribution in [-0.4, -0.2) is 76.6 Å². The summed E-state index contributed by atoms with van der Waals surface area (Å²) >= 11 is 0. The Hall–Kier alpha value is -0.120. The molecule has 0 aliphatic carbocycles. The van der Waals surface area contributed by atoms with Crippen molar-refractivity contribution in [3.05, 3.63) is 0 Å². The van der Waals surface area contributed by atoms with Crippen LogP contribution in [0.2, 0.25) is 0 Å². The Balaban J connectivity index is 0.00000441. The molecule has 0 atom stereocenters. The van der Waals surface area contributed by atoms with E-state index in [0.717, 1.165) is 78.1 Å². The van der Waals surface area contributed by atoms with Gasteiger partial charge in [0.05, 0.1) is 19.8 Å². The molecule has 0 aromatic carbocycles. The van der Waals surface area contributed by atoms with Gasteiger partial charge in [-0.15, -0.1) is 24.0 Å². The number of hydrogen-bond donors (Lipinski definition) is 2. The second-order valence-electron chi connectivity index (χ2n) is 5.05. The minimum absolute atomic E-state index is 0. The number of nitrogens with one attached hydrogen (secondary N) is 2. The van der Waals surface area contributed by atoms with E-state index in [1.807, 2.05) is 6.92 Å². The zero-order valence-corrected chi connectivity index (χ0v) is 16.4. The number of ether oxygens (including phenoxy) is 2. The van der Waals surface area contributed by atoms with Gasteiger partial charge in [-0.05, 0) is 33.2 Å². The van der Waals surface area contributed by atoms with E-state index in [9.17, 15) is 0 Å². The van der Waals surface area contributed by atoms with Crippen molar-refractivity contribution in [1.82, 2.24) is 15.5 Å². The van der Waals surface area contributed by atoms with Crippen molar-refractivity contribution in [3.63, 3.8) is 0 Å². The fourth-order valence-electron chi connectivity index (χ4n) is 2.19. The van der Waals surface area contributed by atoms with Gasteiger partial charge < -0.3 is 20.1 Å². The van der Waals surface area contributed by atoms with Crippen LogP contribution < -0.4 is 10.6 Å². The topological polar surface area (TPSA) is 58.1 Å². The lowest BCUT2D eigenvalue weighted by Gasteiger charge is -2.26. The second kappa shape index (κ2) is 15.8. The molecule has 1 saturated heterocycles. The lowest BCUT2D eigenvalue weighted by atomic mass is 10.3. The molecule has 0 saturated carbocycles. The van der Waals surface area contributed by atoms with Crippen molar-refractivity contribution in [2.45, 2.75) is 26.7 Å². The number of guanidine groups is 1. The third-order valence-electron chi connectivity index (χ3n) is 3.34. The zero-order chi connectivity index (χ0) is 15.2. The molecule has 1 rings (SSSR count). The Morgan fingerprint density at radius 1 is 1.18 bits per heavy atom. The van der Waals surface area contributed by atoms with Gasteiger partial charge >= 0.3 is 0 Å². The Bertz CT molecular complexity index is 274. The van der Waals surface area contributed by atoms with Gasteiger partial charge in [-0.25, -0.2) is 0 Å². The van der Waals surface area contributed by atoms with E-state index in [0.29, 0.717) is 0 Å². The van der Waals surface area contributed by atoms with Crippen molar-refractivity contribution in [3.8, 4) is 0 Å². The van der Waals surface area contributed by atoms with Crippen LogP contribution in [0.5, 0.6) is 0 Å². The van der Waals surface area contributed by atoms with Gasteiger partial charge in [0.25, 0.3) is 0 Å². The van der Waals surface area contributed by atoms with E-state index in [1.54, 1.807) is 0 Å². The fraction of sp³-hybridized carbons (Fsp3) is 0.933. The smallest absolute Gasteiger partial charge is 0.191 e. The molecule has 1 heterocycles. The molecule has 2 N–H and O–H groups in total. The van der Waals surface area contributed by atoms with Gasteiger partial charge in [0, 0.05) is 39.3 Å². The molecule has 0 spiro atoms. The monoisotopic (exact) mass is 428 g/mol. The Morgan fingerprint density at radius 2 is 1.95 bits per heavy atom. The SMILES string of the molecule is CCNC(=NCCCCN1CCOCC1)NCCOCC.I. The molecule has 6 nitrogen and oxygen atoms in total. The summed E-state index contributed by atoms with van der Waals surface area (Å²) in [4.78, 5) is 7.06. The highest BCUT2D eigenvalue weighted by Crippen LogP contribution is 2.00. The number of rotatable bonds is 10. The van der Waals surface area contributed by atoms with E-state index in [-0.39, 0.29) is 24.0 Å². The molecular weight excluding hydrogens is 395 g/mol. The summed E-state index contributed by atoms with van der Waals surface area (Å²) in [6, 6.07) is 0. The van der Waals surface area contributed by atoms with Gasteiger partial charge in [-0.1, -0.05) is 0 Å². The van der Waals surface area contributed by atoms with E-state index < -0.39 is 0 Å². The van der Waals surface area contributed by atoms with Crippen molar-refractivity contribution >= 4 is 29.9 Å². The molecule has 1 fully saturated rings. The summed E-state index contributed by atoms with van der Waals surface area (Å²) in [5, 5.41) is 6.54. The number of unbranched alkanes of at least 4 members (excludes halogenated alkanes) is 1. The Morgan fingerprint density at radius 3 is 2.64 bits per heavy atom. The Kier molecular flexibility index (Phi) is 15.7. The molecule has 1 aliphatic rings. The third-order valence-corrected chi connectivity index (χ3v) is 3.34. The summed E-state index contributed by atoms with van der Waals surface area (Å²) in [6.45, 7) is 13.2. The molecule has 0 aromatic rings. The van der Waals surface area contributed by atoms with Gasteiger partial charge in [-0.3, -0.25) is 9.89 Å². The predicted molar refractivity (Wildman–Crippen MR) is 102 cm³/mol. The zero-order valence-electron chi connectivity index (χ0n) is 14.1. The number of morpholine rings is 1. The van der Waals surface area contributed by atoms with Crippen LogP contribution in [0.15, 0.2) is 4.99 Å². The van der Waals surface area contributed by atoms with Crippen molar-refractivity contribution in [2.75, 3.05) is 65.7 Å². The maximum Gasteiger partial charge on any atom is 0.191 e. The minimum atomic E-state index is 0. The number of halogens is 1. The highest BCUT2D eigenvalue weighted by Gasteiger charge is 2.08. The van der Waals surface area contributed by atoms with Crippen molar-refractivity contribution in [2.24, 2.45) is 4.99 Å². The van der Waals surface area contributed by atoms with Crippen molar-refractivity contribution in [1.29, 1.82) is 0 Å². The number of nitrogens with zero attached hydrogens (tertiary/aromatic N) is 2. The van der Waals surface area contributed by atoms with E-state index in [1.165, 1.54) is 6.42 Å². The summed E-state index contributed by atoms with van der Waals surface area (Å²) in [5.74, 6) is 0.892. The summed E-state index contributed by atoms with van der Waals surface area (Å²) in [7, 11) is 0. The van der Waals surface area contributed by atoms with Crippen LogP contribution in [0, 0.1) is 0 Å². The van der Waals surface area contributed by atoms with Gasteiger partial charge in [0.15, 0.2) is 5.96 Å². The highest BCUT2D eigenvalue weighted by atomic mass is 127. The van der Waals surface area contributed by atoms with Crippen LogP contribution in [0.4, 0.5) is 0 Å². The molecule has 0 unspecified atom stereocenters. The van der Waals surface area contributed by atoms with Crippen LogP contribution in [0.25, 0.3) is 0 Å². The van der Waals surface area contributed by atoms with Crippen LogP contribution in [0.3, 0.4) is 0 Å². The quantitative estimate of drug-likeness (QED) is 0.238. The maximum atomic E-state index is 5.35. The van der Waals surface area contributed by atoms with E-state index >= 15 is 0 Å². The lowest BCUT2D eigenvalue weighted by Crippen LogP contribution is -2.39. The molecule has 0 aromatic heterocycles. The first-order valence-corrected chi connectivity index (χ1v) is 8.26. The molecule has 0 radical (unpaired) electrons. The summed E-state index contributed by atoms with van der Waals surface area (Å²) in [6.07, 6.45) is 2.32. The summed E-state index contributed by atoms with van der Waals surface area (Å²) < 4.78 is 10.7. The normalized spacial score (nSPS) is 16.2. The van der Waals surface area contributed by atoms with Crippen LogP contribution >= 0.6 is 24.0 Å².